The molecule has 1 heterocycles. The van der Waals surface area contributed by atoms with Gasteiger partial charge in [-0.3, -0.25) is 4.79 Å². The molecule has 0 aliphatic heterocycles. The number of methoxy groups -OCH3 is 1. The summed E-state index contributed by atoms with van der Waals surface area (Å²) in [6, 6.07) is 10.8. The molecule has 0 atom stereocenters. The summed E-state index contributed by atoms with van der Waals surface area (Å²) in [5.74, 6) is 0.797. The van der Waals surface area contributed by atoms with Gasteiger partial charge in [-0.2, -0.15) is 5.26 Å². The summed E-state index contributed by atoms with van der Waals surface area (Å²) >= 11 is 1.31. The number of carbonyl (C=O) groups excluding carboxylic acids is 1. The van der Waals surface area contributed by atoms with Gasteiger partial charge in [-0.25, -0.2) is 0 Å². The lowest BCUT2D eigenvalue weighted by Gasteiger charge is -2.16. The lowest BCUT2D eigenvalue weighted by molar-refractivity contribution is 0.104. The van der Waals surface area contributed by atoms with E-state index in [0.29, 0.717) is 21.9 Å². The Balaban J connectivity index is 2.48. The number of hydrogen-bond donors (Lipinski definition) is 0. The molecule has 0 saturated heterocycles. The van der Waals surface area contributed by atoms with Crippen LogP contribution in [0.2, 0.25) is 0 Å². The van der Waals surface area contributed by atoms with Gasteiger partial charge in [0, 0.05) is 5.56 Å². The molecule has 118 valence electrons. The Morgan fingerprint density at radius 1 is 1.30 bits per heavy atom. The van der Waals surface area contributed by atoms with Crippen LogP contribution in [0, 0.1) is 11.3 Å². The summed E-state index contributed by atoms with van der Waals surface area (Å²) in [5.41, 5.74) is 0.703. The lowest BCUT2D eigenvalue weighted by atomic mass is 10.1. The summed E-state index contributed by atoms with van der Waals surface area (Å²) in [6.45, 7) is 3.81. The van der Waals surface area contributed by atoms with Crippen LogP contribution in [0.3, 0.4) is 0 Å². The van der Waals surface area contributed by atoms with Crippen molar-refractivity contribution in [2.24, 2.45) is 0 Å². The molecule has 1 aromatic carbocycles. The smallest absolute Gasteiger partial charge is 0.213 e. The number of nitriles is 1. The van der Waals surface area contributed by atoms with Gasteiger partial charge in [0.25, 0.3) is 0 Å². The van der Waals surface area contributed by atoms with Crippen LogP contribution in [0.4, 0.5) is 0 Å². The molecular formula is C18H17NO3S. The van der Waals surface area contributed by atoms with Crippen LogP contribution < -0.4 is 9.47 Å². The second-order valence-electron chi connectivity index (χ2n) is 5.02. The van der Waals surface area contributed by atoms with Gasteiger partial charge in [0.15, 0.2) is 11.5 Å². The Morgan fingerprint density at radius 2 is 2.09 bits per heavy atom. The summed E-state index contributed by atoms with van der Waals surface area (Å²) < 4.78 is 11.1. The minimum absolute atomic E-state index is 0.0583. The molecule has 0 aliphatic rings. The van der Waals surface area contributed by atoms with Gasteiger partial charge in [0.2, 0.25) is 5.78 Å². The van der Waals surface area contributed by atoms with Gasteiger partial charge in [-0.15, -0.1) is 11.3 Å². The van der Waals surface area contributed by atoms with Gasteiger partial charge in [0.1, 0.15) is 11.6 Å². The van der Waals surface area contributed by atoms with E-state index in [9.17, 15) is 10.1 Å². The van der Waals surface area contributed by atoms with Crippen molar-refractivity contribution in [1.82, 2.24) is 0 Å². The highest BCUT2D eigenvalue weighted by Crippen LogP contribution is 2.33. The molecule has 0 fully saturated rings. The first-order chi connectivity index (χ1) is 11.1. The minimum Gasteiger partial charge on any atom is -0.493 e. The maximum absolute atomic E-state index is 12.4. The topological polar surface area (TPSA) is 59.3 Å². The molecule has 0 saturated carbocycles. The Kier molecular flexibility index (Phi) is 5.56. The van der Waals surface area contributed by atoms with E-state index in [1.165, 1.54) is 11.3 Å². The number of thiophene rings is 1. The van der Waals surface area contributed by atoms with Crippen molar-refractivity contribution >= 4 is 23.2 Å². The van der Waals surface area contributed by atoms with Crippen molar-refractivity contribution in [2.75, 3.05) is 7.11 Å². The van der Waals surface area contributed by atoms with Gasteiger partial charge in [-0.1, -0.05) is 18.2 Å². The third-order valence-electron chi connectivity index (χ3n) is 2.99. The standard InChI is InChI=1S/C18H17NO3S/c1-12(2)22-18-13(6-4-7-15(18)21-3)10-14(11-19)17(20)16-8-5-9-23-16/h4-10,12H,1-3H3/b14-10+. The Labute approximate surface area is 139 Å². The van der Waals surface area contributed by atoms with Crippen LogP contribution in [-0.2, 0) is 0 Å². The van der Waals surface area contributed by atoms with E-state index in [4.69, 9.17) is 9.47 Å². The highest BCUT2D eigenvalue weighted by atomic mass is 32.1. The third-order valence-corrected chi connectivity index (χ3v) is 3.86. The molecule has 23 heavy (non-hydrogen) atoms. The fourth-order valence-electron chi connectivity index (χ4n) is 2.01. The molecule has 0 bridgehead atoms. The Bertz CT molecular complexity index is 755. The second-order valence-corrected chi connectivity index (χ2v) is 5.97. The van der Waals surface area contributed by atoms with Crippen molar-refractivity contribution in [2.45, 2.75) is 20.0 Å². The van der Waals surface area contributed by atoms with E-state index in [0.717, 1.165) is 0 Å². The van der Waals surface area contributed by atoms with Gasteiger partial charge in [-0.05, 0) is 37.4 Å². The Morgan fingerprint density at radius 3 is 2.65 bits per heavy atom. The van der Waals surface area contributed by atoms with Gasteiger partial charge < -0.3 is 9.47 Å². The molecule has 0 N–H and O–H groups in total. The van der Waals surface area contributed by atoms with E-state index < -0.39 is 0 Å². The molecular weight excluding hydrogens is 310 g/mol. The maximum Gasteiger partial charge on any atom is 0.213 e. The van der Waals surface area contributed by atoms with E-state index in [1.807, 2.05) is 19.9 Å². The molecule has 2 aromatic rings. The van der Waals surface area contributed by atoms with Crippen molar-refractivity contribution in [3.63, 3.8) is 0 Å². The molecule has 4 nitrogen and oxygen atoms in total. The molecule has 0 aliphatic carbocycles. The SMILES string of the molecule is COc1cccc(/C=C(\C#N)C(=O)c2cccs2)c1OC(C)C. The fourth-order valence-corrected chi connectivity index (χ4v) is 2.69. The summed E-state index contributed by atoms with van der Waals surface area (Å²) in [4.78, 5) is 12.9. The molecule has 0 unspecified atom stereocenters. The normalized spacial score (nSPS) is 11.2. The second kappa shape index (κ2) is 7.61. The monoisotopic (exact) mass is 327 g/mol. The predicted octanol–water partition coefficient (Wildman–Crippen LogP) is 4.33. The highest BCUT2D eigenvalue weighted by Gasteiger charge is 2.16. The first kappa shape index (κ1) is 16.8. The van der Waals surface area contributed by atoms with Gasteiger partial charge >= 0.3 is 0 Å². The number of para-hydroxylation sites is 1. The molecule has 0 spiro atoms. The number of allylic oxidation sites excluding steroid dienone is 1. The highest BCUT2D eigenvalue weighted by molar-refractivity contribution is 7.12. The zero-order chi connectivity index (χ0) is 16.8. The number of carbonyl (C=O) groups is 1. The van der Waals surface area contributed by atoms with Crippen molar-refractivity contribution in [1.29, 1.82) is 5.26 Å². The van der Waals surface area contributed by atoms with Crippen LogP contribution in [0.5, 0.6) is 11.5 Å². The quantitative estimate of drug-likeness (QED) is 0.450. The molecule has 0 amide bonds. The zero-order valence-corrected chi connectivity index (χ0v) is 14.0. The zero-order valence-electron chi connectivity index (χ0n) is 13.2. The van der Waals surface area contributed by atoms with E-state index in [1.54, 1.807) is 48.9 Å². The average molecular weight is 327 g/mol. The molecule has 0 radical (unpaired) electrons. The van der Waals surface area contributed by atoms with Crippen LogP contribution in [0.25, 0.3) is 6.08 Å². The fraction of sp³-hybridized carbons (Fsp3) is 0.222. The molecule has 5 heteroatoms. The van der Waals surface area contributed by atoms with Crippen molar-refractivity contribution < 1.29 is 14.3 Å². The number of nitrogens with zero attached hydrogens (tertiary/aromatic N) is 1. The minimum atomic E-state index is -0.291. The number of hydrogen-bond acceptors (Lipinski definition) is 5. The van der Waals surface area contributed by atoms with Crippen molar-refractivity contribution in [3.8, 4) is 17.6 Å². The summed E-state index contributed by atoms with van der Waals surface area (Å²) in [7, 11) is 1.55. The van der Waals surface area contributed by atoms with E-state index in [2.05, 4.69) is 0 Å². The molecule has 1 aromatic heterocycles. The number of ether oxygens (including phenoxy) is 2. The first-order valence-corrected chi connectivity index (χ1v) is 7.98. The van der Waals surface area contributed by atoms with Crippen molar-refractivity contribution in [3.05, 3.63) is 51.7 Å². The number of Topliss-reactive ketones (excluding diaryl/α,β-unsaturated/α-hetero) is 1. The maximum atomic E-state index is 12.4. The van der Waals surface area contributed by atoms with Gasteiger partial charge in [0.05, 0.1) is 18.1 Å². The Hall–Kier alpha value is -2.58. The van der Waals surface area contributed by atoms with E-state index in [-0.39, 0.29) is 17.5 Å². The summed E-state index contributed by atoms with van der Waals surface area (Å²) in [5, 5.41) is 11.2. The van der Waals surface area contributed by atoms with E-state index >= 15 is 0 Å². The number of benzene rings is 1. The number of ketones is 1. The average Bonchev–Trinajstić information content (AvgIpc) is 3.07. The molecule has 2 rings (SSSR count). The van der Waals surface area contributed by atoms with Crippen LogP contribution >= 0.6 is 11.3 Å². The third kappa shape index (κ3) is 3.99. The largest absolute Gasteiger partial charge is 0.493 e. The lowest BCUT2D eigenvalue weighted by Crippen LogP contribution is -2.08. The first-order valence-electron chi connectivity index (χ1n) is 7.10. The van der Waals surface area contributed by atoms with Crippen LogP contribution in [0.15, 0.2) is 41.3 Å². The summed E-state index contributed by atoms with van der Waals surface area (Å²) in [6.07, 6.45) is 1.49. The number of rotatable bonds is 6. The predicted molar refractivity (Wildman–Crippen MR) is 91.0 cm³/mol. The van der Waals surface area contributed by atoms with Crippen LogP contribution in [0.1, 0.15) is 29.1 Å². The van der Waals surface area contributed by atoms with Crippen LogP contribution in [-0.4, -0.2) is 19.0 Å².